The summed E-state index contributed by atoms with van der Waals surface area (Å²) in [7, 11) is 4.12. The van der Waals surface area contributed by atoms with Crippen LogP contribution in [0.25, 0.3) is 0 Å². The minimum atomic E-state index is 0.190. The molecular weight excluding hydrogens is 252 g/mol. The minimum absolute atomic E-state index is 0.190. The number of hydrogen-bond donors (Lipinski definition) is 0. The van der Waals surface area contributed by atoms with Crippen LogP contribution in [0.15, 0.2) is 24.0 Å². The first-order valence-electron chi connectivity index (χ1n) is 7.32. The number of imidazole rings is 1. The number of piperazine rings is 1. The number of hydrogen-bond acceptors (Lipinski definition) is 3. The van der Waals surface area contributed by atoms with E-state index < -0.39 is 0 Å². The quantitative estimate of drug-likeness (QED) is 0.817. The van der Waals surface area contributed by atoms with Crippen LogP contribution in [0.3, 0.4) is 0 Å². The van der Waals surface area contributed by atoms with Crippen LogP contribution < -0.4 is 0 Å². The van der Waals surface area contributed by atoms with Crippen molar-refractivity contribution in [3.63, 3.8) is 0 Å². The summed E-state index contributed by atoms with van der Waals surface area (Å²) in [5.41, 5.74) is 1.01. The van der Waals surface area contributed by atoms with Gasteiger partial charge in [0, 0.05) is 44.6 Å². The number of amides is 1. The fourth-order valence-electron chi connectivity index (χ4n) is 3.10. The molecule has 0 N–H and O–H groups in total. The first-order valence-corrected chi connectivity index (χ1v) is 7.32. The number of aromatic nitrogens is 2. The van der Waals surface area contributed by atoms with Gasteiger partial charge in [-0.25, -0.2) is 4.98 Å². The number of aryl methyl sites for hydroxylation is 1. The lowest BCUT2D eigenvalue weighted by molar-refractivity contribution is -0.130. The summed E-state index contributed by atoms with van der Waals surface area (Å²) in [6.45, 7) is 2.45. The van der Waals surface area contributed by atoms with E-state index in [1.165, 1.54) is 0 Å². The van der Waals surface area contributed by atoms with Crippen LogP contribution in [-0.4, -0.2) is 51.9 Å². The smallest absolute Gasteiger partial charge is 0.249 e. The lowest BCUT2D eigenvalue weighted by Gasteiger charge is -2.39. The summed E-state index contributed by atoms with van der Waals surface area (Å²) in [6, 6.07) is 0.190. The lowest BCUT2D eigenvalue weighted by atomic mass is 10.1. The van der Waals surface area contributed by atoms with Gasteiger partial charge in [0.2, 0.25) is 5.91 Å². The highest BCUT2D eigenvalue weighted by Gasteiger charge is 2.31. The van der Waals surface area contributed by atoms with E-state index >= 15 is 0 Å². The van der Waals surface area contributed by atoms with E-state index in [4.69, 9.17) is 0 Å². The first kappa shape index (κ1) is 13.4. The zero-order valence-electron chi connectivity index (χ0n) is 12.2. The van der Waals surface area contributed by atoms with Crippen LogP contribution in [0.5, 0.6) is 0 Å². The molecule has 20 heavy (non-hydrogen) atoms. The van der Waals surface area contributed by atoms with Crippen LogP contribution in [0, 0.1) is 0 Å². The van der Waals surface area contributed by atoms with Gasteiger partial charge in [0.05, 0.1) is 6.04 Å². The van der Waals surface area contributed by atoms with Gasteiger partial charge < -0.3 is 9.47 Å². The van der Waals surface area contributed by atoms with Crippen molar-refractivity contribution in [3.05, 3.63) is 29.9 Å². The number of allylic oxidation sites excluding steroid dienone is 1. The Balaban J connectivity index is 1.76. The van der Waals surface area contributed by atoms with Crippen molar-refractivity contribution in [2.75, 3.05) is 26.7 Å². The Morgan fingerprint density at radius 2 is 2.20 bits per heavy atom. The van der Waals surface area contributed by atoms with E-state index in [2.05, 4.69) is 23.0 Å². The van der Waals surface area contributed by atoms with Crippen molar-refractivity contribution in [1.82, 2.24) is 19.4 Å². The van der Waals surface area contributed by atoms with Crippen molar-refractivity contribution < 1.29 is 4.79 Å². The summed E-state index contributed by atoms with van der Waals surface area (Å²) >= 11 is 0. The third-order valence-corrected chi connectivity index (χ3v) is 4.41. The maximum Gasteiger partial charge on any atom is 0.249 e. The summed E-state index contributed by atoms with van der Waals surface area (Å²) in [6.07, 6.45) is 9.01. The van der Waals surface area contributed by atoms with E-state index in [0.29, 0.717) is 0 Å². The zero-order valence-corrected chi connectivity index (χ0v) is 12.2. The van der Waals surface area contributed by atoms with Crippen LogP contribution >= 0.6 is 0 Å². The molecule has 108 valence electrons. The molecule has 0 radical (unpaired) electrons. The van der Waals surface area contributed by atoms with Crippen LogP contribution in [0.2, 0.25) is 0 Å². The maximum absolute atomic E-state index is 12.5. The number of carbonyl (C=O) groups excluding carboxylic acids is 1. The Hall–Kier alpha value is -1.62. The summed E-state index contributed by atoms with van der Waals surface area (Å²) in [5, 5.41) is 0. The summed E-state index contributed by atoms with van der Waals surface area (Å²) in [5.74, 6) is 1.26. The normalized spacial score (nSPS) is 24.0. The highest BCUT2D eigenvalue weighted by Crippen LogP contribution is 2.26. The average Bonchev–Trinajstić information content (AvgIpc) is 3.10. The molecule has 2 heterocycles. The molecular formula is C15H22N4O. The Labute approximate surface area is 119 Å². The molecule has 0 unspecified atom stereocenters. The molecule has 0 saturated carbocycles. The Bertz CT molecular complexity index is 534. The van der Waals surface area contributed by atoms with Crippen molar-refractivity contribution >= 4 is 5.91 Å². The predicted molar refractivity (Wildman–Crippen MR) is 77.1 cm³/mol. The molecule has 1 aromatic rings. The monoisotopic (exact) mass is 274 g/mol. The van der Waals surface area contributed by atoms with Gasteiger partial charge in [0.1, 0.15) is 5.82 Å². The molecule has 1 amide bonds. The fourth-order valence-corrected chi connectivity index (χ4v) is 3.10. The molecule has 5 heteroatoms. The summed E-state index contributed by atoms with van der Waals surface area (Å²) in [4.78, 5) is 21.3. The maximum atomic E-state index is 12.5. The van der Waals surface area contributed by atoms with Gasteiger partial charge in [-0.3, -0.25) is 9.69 Å². The van der Waals surface area contributed by atoms with Crippen LogP contribution in [0.1, 0.15) is 31.1 Å². The third-order valence-electron chi connectivity index (χ3n) is 4.41. The Morgan fingerprint density at radius 3 is 2.85 bits per heavy atom. The van der Waals surface area contributed by atoms with Crippen molar-refractivity contribution in [2.24, 2.45) is 7.05 Å². The molecule has 1 fully saturated rings. The molecule has 1 atom stereocenters. The molecule has 0 bridgehead atoms. The Morgan fingerprint density at radius 1 is 1.35 bits per heavy atom. The highest BCUT2D eigenvalue weighted by atomic mass is 16.2. The van der Waals surface area contributed by atoms with Crippen LogP contribution in [-0.2, 0) is 11.8 Å². The summed E-state index contributed by atoms with van der Waals surface area (Å²) < 4.78 is 2.05. The number of rotatable bonds is 2. The number of carbonyl (C=O) groups is 1. The highest BCUT2D eigenvalue weighted by molar-refractivity contribution is 5.93. The van der Waals surface area contributed by atoms with E-state index in [-0.39, 0.29) is 11.9 Å². The predicted octanol–water partition coefficient (Wildman–Crippen LogP) is 1.35. The van der Waals surface area contributed by atoms with E-state index in [0.717, 1.165) is 50.3 Å². The lowest BCUT2D eigenvalue weighted by Crippen LogP contribution is -2.49. The average molecular weight is 274 g/mol. The molecule has 1 aliphatic heterocycles. The fraction of sp³-hybridized carbons (Fsp3) is 0.600. The van der Waals surface area contributed by atoms with E-state index in [1.807, 2.05) is 28.9 Å². The first-order chi connectivity index (χ1) is 9.66. The minimum Gasteiger partial charge on any atom is -0.337 e. The second kappa shape index (κ2) is 5.40. The topological polar surface area (TPSA) is 41.4 Å². The second-order valence-electron chi connectivity index (χ2n) is 5.77. The standard InChI is InChI=1S/C15H22N4O/c1-17-9-10-19(15(20)12-5-3-4-6-12)11-13(17)14-16-7-8-18(14)2/h5,7-8,13H,3-4,6,9-11H2,1-2H3/t13-/m1/s1. The number of nitrogens with zero attached hydrogens (tertiary/aromatic N) is 4. The second-order valence-corrected chi connectivity index (χ2v) is 5.77. The molecule has 1 aliphatic carbocycles. The molecule has 1 saturated heterocycles. The van der Waals surface area contributed by atoms with Crippen molar-refractivity contribution in [2.45, 2.75) is 25.3 Å². The Kier molecular flexibility index (Phi) is 3.61. The molecule has 2 aliphatic rings. The van der Waals surface area contributed by atoms with E-state index in [1.54, 1.807) is 0 Å². The SMILES string of the molecule is CN1CCN(C(=O)C2=CCCC2)C[C@@H]1c1nccn1C. The molecule has 3 rings (SSSR count). The van der Waals surface area contributed by atoms with Crippen molar-refractivity contribution in [3.8, 4) is 0 Å². The molecule has 5 nitrogen and oxygen atoms in total. The van der Waals surface area contributed by atoms with E-state index in [9.17, 15) is 4.79 Å². The molecule has 0 aromatic carbocycles. The van der Waals surface area contributed by atoms with Gasteiger partial charge in [0.15, 0.2) is 0 Å². The van der Waals surface area contributed by atoms with Gasteiger partial charge in [0.25, 0.3) is 0 Å². The molecule has 1 aromatic heterocycles. The van der Waals surface area contributed by atoms with Crippen molar-refractivity contribution in [1.29, 1.82) is 0 Å². The van der Waals surface area contributed by atoms with Gasteiger partial charge in [-0.15, -0.1) is 0 Å². The van der Waals surface area contributed by atoms with Crippen LogP contribution in [0.4, 0.5) is 0 Å². The van der Waals surface area contributed by atoms with Gasteiger partial charge in [-0.05, 0) is 26.3 Å². The number of likely N-dealkylation sites (N-methyl/N-ethyl adjacent to an activating group) is 1. The van der Waals surface area contributed by atoms with Gasteiger partial charge in [-0.1, -0.05) is 6.08 Å². The zero-order chi connectivity index (χ0) is 14.1. The third kappa shape index (κ3) is 2.38. The largest absolute Gasteiger partial charge is 0.337 e. The van der Waals surface area contributed by atoms with Gasteiger partial charge >= 0.3 is 0 Å². The molecule has 0 spiro atoms. The van der Waals surface area contributed by atoms with Gasteiger partial charge in [-0.2, -0.15) is 0 Å².